The standard InChI is InChI=1S/C14H25N3O2/c15-13(17-19)14(9-5-2-6-10-14)16-12(18)11-7-3-1-4-8-11/h11,19H,1-10H2,(H2,15,17)(H,16,18). The Bertz CT molecular complexity index is 343. The average molecular weight is 267 g/mol. The van der Waals surface area contributed by atoms with Gasteiger partial charge in [0.2, 0.25) is 5.91 Å². The summed E-state index contributed by atoms with van der Waals surface area (Å²) in [6.45, 7) is 0. The van der Waals surface area contributed by atoms with E-state index in [1.165, 1.54) is 6.42 Å². The van der Waals surface area contributed by atoms with Crippen molar-refractivity contribution in [2.75, 3.05) is 0 Å². The van der Waals surface area contributed by atoms with Crippen LogP contribution in [0, 0.1) is 5.92 Å². The number of hydrogen-bond donors (Lipinski definition) is 3. The lowest BCUT2D eigenvalue weighted by Crippen LogP contribution is -2.59. The smallest absolute Gasteiger partial charge is 0.223 e. The van der Waals surface area contributed by atoms with E-state index >= 15 is 0 Å². The van der Waals surface area contributed by atoms with Crippen molar-refractivity contribution in [1.29, 1.82) is 0 Å². The molecule has 4 N–H and O–H groups in total. The van der Waals surface area contributed by atoms with Crippen LogP contribution in [-0.2, 0) is 4.79 Å². The van der Waals surface area contributed by atoms with Gasteiger partial charge in [-0.25, -0.2) is 0 Å². The molecule has 108 valence electrons. The number of hydrogen-bond acceptors (Lipinski definition) is 3. The van der Waals surface area contributed by atoms with Crippen molar-refractivity contribution in [2.45, 2.75) is 69.7 Å². The number of oxime groups is 1. The van der Waals surface area contributed by atoms with Gasteiger partial charge >= 0.3 is 0 Å². The number of nitrogens with one attached hydrogen (secondary N) is 1. The second kappa shape index (κ2) is 6.26. The van der Waals surface area contributed by atoms with Crippen molar-refractivity contribution in [1.82, 2.24) is 5.32 Å². The zero-order valence-electron chi connectivity index (χ0n) is 11.5. The summed E-state index contributed by atoms with van der Waals surface area (Å²) in [5.74, 6) is 0.364. The van der Waals surface area contributed by atoms with E-state index in [9.17, 15) is 4.79 Å². The predicted octanol–water partition coefficient (Wildman–Crippen LogP) is 2.13. The molecule has 0 spiro atoms. The summed E-state index contributed by atoms with van der Waals surface area (Å²) in [7, 11) is 0. The first kappa shape index (κ1) is 14.2. The molecule has 2 aliphatic rings. The third-order valence-electron chi connectivity index (χ3n) is 4.64. The first-order valence-electron chi connectivity index (χ1n) is 7.48. The molecule has 0 radical (unpaired) electrons. The van der Waals surface area contributed by atoms with Crippen molar-refractivity contribution in [3.8, 4) is 0 Å². The molecule has 5 heteroatoms. The van der Waals surface area contributed by atoms with E-state index in [0.717, 1.165) is 57.8 Å². The fourth-order valence-electron chi connectivity index (χ4n) is 3.40. The minimum absolute atomic E-state index is 0.0909. The average Bonchev–Trinajstić information content (AvgIpc) is 2.48. The van der Waals surface area contributed by atoms with Crippen molar-refractivity contribution in [3.63, 3.8) is 0 Å². The molecule has 0 unspecified atom stereocenters. The summed E-state index contributed by atoms with van der Waals surface area (Å²) in [4.78, 5) is 12.4. The summed E-state index contributed by atoms with van der Waals surface area (Å²) >= 11 is 0. The lowest BCUT2D eigenvalue weighted by Gasteiger charge is -2.38. The van der Waals surface area contributed by atoms with Crippen LogP contribution >= 0.6 is 0 Å². The molecule has 2 fully saturated rings. The van der Waals surface area contributed by atoms with Crippen LogP contribution in [-0.4, -0.2) is 22.5 Å². The number of amidine groups is 1. The summed E-state index contributed by atoms with van der Waals surface area (Å²) in [5.41, 5.74) is 5.24. The lowest BCUT2D eigenvalue weighted by atomic mass is 9.79. The van der Waals surface area contributed by atoms with E-state index in [2.05, 4.69) is 10.5 Å². The Kier molecular flexibility index (Phi) is 4.66. The highest BCUT2D eigenvalue weighted by molar-refractivity contribution is 5.94. The number of carbonyl (C=O) groups excluding carboxylic acids is 1. The Balaban J connectivity index is 2.05. The Labute approximate surface area is 114 Å². The highest BCUT2D eigenvalue weighted by Crippen LogP contribution is 2.30. The highest BCUT2D eigenvalue weighted by Gasteiger charge is 2.39. The van der Waals surface area contributed by atoms with E-state index in [1.54, 1.807) is 0 Å². The summed E-state index contributed by atoms with van der Waals surface area (Å²) < 4.78 is 0. The predicted molar refractivity (Wildman–Crippen MR) is 73.9 cm³/mol. The second-order valence-electron chi connectivity index (χ2n) is 5.95. The summed E-state index contributed by atoms with van der Waals surface area (Å²) in [6.07, 6.45) is 10.2. The molecule has 2 saturated carbocycles. The van der Waals surface area contributed by atoms with Gasteiger partial charge in [-0.2, -0.15) is 0 Å². The fourth-order valence-corrected chi connectivity index (χ4v) is 3.40. The lowest BCUT2D eigenvalue weighted by molar-refractivity contribution is -0.127. The number of nitrogens with two attached hydrogens (primary N) is 1. The van der Waals surface area contributed by atoms with Crippen molar-refractivity contribution < 1.29 is 10.0 Å². The Hall–Kier alpha value is -1.26. The Morgan fingerprint density at radius 1 is 1.11 bits per heavy atom. The maximum atomic E-state index is 12.4. The summed E-state index contributed by atoms with van der Waals surface area (Å²) in [6, 6.07) is 0. The van der Waals surface area contributed by atoms with E-state index in [1.807, 2.05) is 0 Å². The van der Waals surface area contributed by atoms with Gasteiger partial charge in [-0.1, -0.05) is 43.7 Å². The van der Waals surface area contributed by atoms with Crippen LogP contribution in [0.25, 0.3) is 0 Å². The monoisotopic (exact) mass is 267 g/mol. The molecule has 0 atom stereocenters. The van der Waals surface area contributed by atoms with Gasteiger partial charge in [0.25, 0.3) is 0 Å². The SMILES string of the molecule is N/C(=N/O)C1(NC(=O)C2CCCCC2)CCCCC1. The van der Waals surface area contributed by atoms with Crippen LogP contribution in [0.4, 0.5) is 0 Å². The molecule has 1 amide bonds. The molecule has 0 aromatic rings. The molecule has 2 aliphatic carbocycles. The van der Waals surface area contributed by atoms with Crippen molar-refractivity contribution in [2.24, 2.45) is 16.8 Å². The normalized spacial score (nSPS) is 24.9. The molecule has 0 saturated heterocycles. The molecule has 0 aromatic carbocycles. The molecule has 19 heavy (non-hydrogen) atoms. The molecule has 0 aromatic heterocycles. The molecule has 5 nitrogen and oxygen atoms in total. The second-order valence-corrected chi connectivity index (χ2v) is 5.95. The van der Waals surface area contributed by atoms with Gasteiger partial charge in [0.1, 0.15) is 5.54 Å². The van der Waals surface area contributed by atoms with Crippen LogP contribution in [0.1, 0.15) is 64.2 Å². The minimum atomic E-state index is -0.610. The van der Waals surface area contributed by atoms with Crippen molar-refractivity contribution >= 4 is 11.7 Å². The van der Waals surface area contributed by atoms with Crippen molar-refractivity contribution in [3.05, 3.63) is 0 Å². The topological polar surface area (TPSA) is 87.7 Å². The molecule has 0 aliphatic heterocycles. The van der Waals surface area contributed by atoms with Crippen LogP contribution in [0.2, 0.25) is 0 Å². The first-order chi connectivity index (χ1) is 9.18. The van der Waals surface area contributed by atoms with Gasteiger partial charge in [0.05, 0.1) is 0 Å². The zero-order valence-corrected chi connectivity index (χ0v) is 11.5. The fraction of sp³-hybridized carbons (Fsp3) is 0.857. The van der Waals surface area contributed by atoms with Crippen LogP contribution in [0.5, 0.6) is 0 Å². The number of rotatable bonds is 3. The van der Waals surface area contributed by atoms with Crippen LogP contribution in [0.15, 0.2) is 5.16 Å². The van der Waals surface area contributed by atoms with Crippen LogP contribution in [0.3, 0.4) is 0 Å². The number of carbonyl (C=O) groups is 1. The van der Waals surface area contributed by atoms with Crippen LogP contribution < -0.4 is 11.1 Å². The Morgan fingerprint density at radius 2 is 1.68 bits per heavy atom. The molecular formula is C14H25N3O2. The third kappa shape index (κ3) is 3.19. The maximum absolute atomic E-state index is 12.4. The first-order valence-corrected chi connectivity index (χ1v) is 7.48. The van der Waals surface area contributed by atoms with Gasteiger partial charge in [-0.05, 0) is 25.7 Å². The van der Waals surface area contributed by atoms with E-state index in [0.29, 0.717) is 0 Å². The molecular weight excluding hydrogens is 242 g/mol. The minimum Gasteiger partial charge on any atom is -0.409 e. The largest absolute Gasteiger partial charge is 0.409 e. The number of amides is 1. The van der Waals surface area contributed by atoms with Gasteiger partial charge < -0.3 is 16.3 Å². The summed E-state index contributed by atoms with van der Waals surface area (Å²) in [5, 5.41) is 15.2. The van der Waals surface area contributed by atoms with E-state index < -0.39 is 5.54 Å². The van der Waals surface area contributed by atoms with E-state index in [-0.39, 0.29) is 17.7 Å². The highest BCUT2D eigenvalue weighted by atomic mass is 16.4. The molecule has 0 bridgehead atoms. The maximum Gasteiger partial charge on any atom is 0.223 e. The third-order valence-corrected chi connectivity index (χ3v) is 4.64. The molecule has 2 rings (SSSR count). The van der Waals surface area contributed by atoms with Gasteiger partial charge in [0, 0.05) is 5.92 Å². The van der Waals surface area contributed by atoms with E-state index in [4.69, 9.17) is 10.9 Å². The quantitative estimate of drug-likeness (QED) is 0.317. The zero-order chi connectivity index (χ0) is 13.7. The van der Waals surface area contributed by atoms with Gasteiger partial charge in [0.15, 0.2) is 5.84 Å². The molecule has 0 heterocycles. The van der Waals surface area contributed by atoms with Gasteiger partial charge in [-0.15, -0.1) is 0 Å². The Morgan fingerprint density at radius 3 is 2.26 bits per heavy atom. The van der Waals surface area contributed by atoms with Gasteiger partial charge in [-0.3, -0.25) is 4.79 Å². The number of nitrogens with zero attached hydrogens (tertiary/aromatic N) is 1.